The lowest BCUT2D eigenvalue weighted by molar-refractivity contribution is 0.0498. The molecule has 3 aliphatic rings. The van der Waals surface area contributed by atoms with Crippen LogP contribution in [0, 0.1) is 10.8 Å². The SMILES string of the molecule is CC(C)Nc1cc(N2CC3(CCN(C(=O)OC4CC4)CC3)C2)ccc1C=N. The van der Waals surface area contributed by atoms with Gasteiger partial charge in [0.2, 0.25) is 0 Å². The molecule has 0 aromatic heterocycles. The van der Waals surface area contributed by atoms with Crippen LogP contribution in [0.1, 0.15) is 45.1 Å². The molecule has 0 unspecified atom stereocenters. The van der Waals surface area contributed by atoms with E-state index in [-0.39, 0.29) is 12.2 Å². The van der Waals surface area contributed by atoms with Gasteiger partial charge in [-0.1, -0.05) is 0 Å². The Morgan fingerprint density at radius 3 is 2.59 bits per heavy atom. The summed E-state index contributed by atoms with van der Waals surface area (Å²) in [5, 5.41) is 11.0. The largest absolute Gasteiger partial charge is 0.446 e. The van der Waals surface area contributed by atoms with Gasteiger partial charge >= 0.3 is 6.09 Å². The van der Waals surface area contributed by atoms with Crippen molar-refractivity contribution in [3.8, 4) is 0 Å². The molecule has 1 aliphatic carbocycles. The second-order valence-electron chi connectivity index (χ2n) is 8.64. The molecule has 1 aromatic rings. The van der Waals surface area contributed by atoms with Gasteiger partial charge in [-0.3, -0.25) is 0 Å². The van der Waals surface area contributed by atoms with Gasteiger partial charge in [0.1, 0.15) is 6.10 Å². The van der Waals surface area contributed by atoms with Gasteiger partial charge in [0, 0.05) is 60.8 Å². The fourth-order valence-electron chi connectivity index (χ4n) is 4.13. The second kappa shape index (κ2) is 7.06. The number of hydrogen-bond acceptors (Lipinski definition) is 5. The van der Waals surface area contributed by atoms with Crippen molar-refractivity contribution in [2.75, 3.05) is 36.4 Å². The molecule has 4 rings (SSSR count). The van der Waals surface area contributed by atoms with Gasteiger partial charge in [-0.25, -0.2) is 4.79 Å². The Balaban J connectivity index is 1.34. The van der Waals surface area contributed by atoms with E-state index in [1.807, 2.05) is 11.0 Å². The lowest BCUT2D eigenvalue weighted by atomic mass is 9.72. The first-order valence-electron chi connectivity index (χ1n) is 10.1. The van der Waals surface area contributed by atoms with Crippen LogP contribution in [0.2, 0.25) is 0 Å². The number of carbonyl (C=O) groups is 1. The Bertz CT molecular complexity index is 713. The number of anilines is 2. The molecule has 2 aliphatic heterocycles. The Kier molecular flexibility index (Phi) is 4.74. The monoisotopic (exact) mass is 370 g/mol. The highest BCUT2D eigenvalue weighted by atomic mass is 16.6. The van der Waals surface area contributed by atoms with Crippen LogP contribution in [0.25, 0.3) is 0 Å². The van der Waals surface area contributed by atoms with Crippen LogP contribution in [0.5, 0.6) is 0 Å². The van der Waals surface area contributed by atoms with Gasteiger partial charge in [-0.15, -0.1) is 0 Å². The van der Waals surface area contributed by atoms with Crippen molar-refractivity contribution in [3.05, 3.63) is 23.8 Å². The maximum Gasteiger partial charge on any atom is 0.410 e. The van der Waals surface area contributed by atoms with Crippen LogP contribution in [0.15, 0.2) is 18.2 Å². The molecule has 1 amide bonds. The second-order valence-corrected chi connectivity index (χ2v) is 8.64. The quantitative estimate of drug-likeness (QED) is 0.776. The standard InChI is InChI=1S/C21H30N4O2/c1-15(2)23-19-11-17(4-3-16(19)12-22)25-13-21(14-25)7-9-24(10-8-21)20(26)27-18-5-6-18/h3-4,11-12,15,18,22-23H,5-10,13-14H2,1-2H3. The first-order valence-corrected chi connectivity index (χ1v) is 10.1. The van der Waals surface area contributed by atoms with Gasteiger partial charge < -0.3 is 25.3 Å². The maximum absolute atomic E-state index is 12.1. The minimum Gasteiger partial charge on any atom is -0.446 e. The van der Waals surface area contributed by atoms with Crippen LogP contribution in [-0.4, -0.2) is 55.5 Å². The number of likely N-dealkylation sites (tertiary alicyclic amines) is 1. The molecule has 146 valence electrons. The van der Waals surface area contributed by atoms with Crippen LogP contribution in [0.4, 0.5) is 16.2 Å². The van der Waals surface area contributed by atoms with Crippen LogP contribution in [-0.2, 0) is 4.74 Å². The summed E-state index contributed by atoms with van der Waals surface area (Å²) in [5.41, 5.74) is 3.49. The first kappa shape index (κ1) is 18.1. The molecule has 1 aromatic carbocycles. The van der Waals surface area contributed by atoms with Gasteiger partial charge in [0.15, 0.2) is 0 Å². The number of benzene rings is 1. The highest BCUT2D eigenvalue weighted by Crippen LogP contribution is 2.43. The van der Waals surface area contributed by atoms with Gasteiger partial charge in [-0.05, 0) is 57.7 Å². The lowest BCUT2D eigenvalue weighted by Gasteiger charge is -2.55. The van der Waals surface area contributed by atoms with E-state index in [0.717, 1.165) is 63.1 Å². The van der Waals surface area contributed by atoms with E-state index in [2.05, 4.69) is 36.2 Å². The van der Waals surface area contributed by atoms with Crippen molar-refractivity contribution >= 4 is 23.7 Å². The van der Waals surface area contributed by atoms with Crippen LogP contribution in [0.3, 0.4) is 0 Å². The minimum absolute atomic E-state index is 0.116. The van der Waals surface area contributed by atoms with Crippen molar-refractivity contribution in [1.82, 2.24) is 4.90 Å². The fourth-order valence-corrected chi connectivity index (χ4v) is 4.13. The van der Waals surface area contributed by atoms with Crippen molar-refractivity contribution in [3.63, 3.8) is 0 Å². The summed E-state index contributed by atoms with van der Waals surface area (Å²) in [6, 6.07) is 6.63. The molecule has 2 saturated heterocycles. The third-order valence-corrected chi connectivity index (χ3v) is 5.93. The number of hydrogen-bond donors (Lipinski definition) is 2. The highest BCUT2D eigenvalue weighted by Gasteiger charge is 2.46. The van der Waals surface area contributed by atoms with Crippen molar-refractivity contribution < 1.29 is 9.53 Å². The predicted molar refractivity (Wildman–Crippen MR) is 108 cm³/mol. The number of rotatable bonds is 5. The molecule has 0 bridgehead atoms. The minimum atomic E-state index is -0.116. The summed E-state index contributed by atoms with van der Waals surface area (Å²) in [4.78, 5) is 16.4. The summed E-state index contributed by atoms with van der Waals surface area (Å²) >= 11 is 0. The van der Waals surface area contributed by atoms with Crippen molar-refractivity contribution in [1.29, 1.82) is 5.41 Å². The third-order valence-electron chi connectivity index (χ3n) is 5.93. The molecule has 27 heavy (non-hydrogen) atoms. The molecule has 2 N–H and O–H groups in total. The number of nitrogens with one attached hydrogen (secondary N) is 2. The topological polar surface area (TPSA) is 68.7 Å². The van der Waals surface area contributed by atoms with E-state index in [0.29, 0.717) is 11.5 Å². The number of ether oxygens (including phenoxy) is 1. The van der Waals surface area contributed by atoms with E-state index in [1.165, 1.54) is 11.9 Å². The Hall–Kier alpha value is -2.24. The van der Waals surface area contributed by atoms with Crippen LogP contribution < -0.4 is 10.2 Å². The van der Waals surface area contributed by atoms with E-state index in [4.69, 9.17) is 10.1 Å². The molecule has 6 heteroatoms. The van der Waals surface area contributed by atoms with E-state index >= 15 is 0 Å². The average Bonchev–Trinajstić information content (AvgIpc) is 3.43. The molecule has 3 fully saturated rings. The Morgan fingerprint density at radius 2 is 2.00 bits per heavy atom. The third kappa shape index (κ3) is 3.89. The van der Waals surface area contributed by atoms with Crippen molar-refractivity contribution in [2.24, 2.45) is 5.41 Å². The van der Waals surface area contributed by atoms with Crippen molar-refractivity contribution in [2.45, 2.75) is 51.7 Å². The van der Waals surface area contributed by atoms with E-state index in [1.54, 1.807) is 0 Å². The zero-order valence-corrected chi connectivity index (χ0v) is 16.3. The molecular formula is C21H30N4O2. The normalized spacial score (nSPS) is 21.1. The number of amides is 1. The smallest absolute Gasteiger partial charge is 0.410 e. The van der Waals surface area contributed by atoms with Gasteiger partial charge in [0.05, 0.1) is 0 Å². The average molecular weight is 370 g/mol. The summed E-state index contributed by atoms with van der Waals surface area (Å²) in [6.45, 7) is 7.94. The predicted octanol–water partition coefficient (Wildman–Crippen LogP) is 3.71. The molecule has 0 radical (unpaired) electrons. The van der Waals surface area contributed by atoms with Gasteiger partial charge in [-0.2, -0.15) is 0 Å². The molecule has 6 nitrogen and oxygen atoms in total. The Morgan fingerprint density at radius 1 is 1.30 bits per heavy atom. The highest BCUT2D eigenvalue weighted by molar-refractivity contribution is 5.87. The summed E-state index contributed by atoms with van der Waals surface area (Å²) in [5.74, 6) is 0. The zero-order chi connectivity index (χ0) is 19.0. The first-order chi connectivity index (χ1) is 13.0. The Labute approximate surface area is 161 Å². The summed E-state index contributed by atoms with van der Waals surface area (Å²) in [7, 11) is 0. The fraction of sp³-hybridized carbons (Fsp3) is 0.619. The summed E-state index contributed by atoms with van der Waals surface area (Å²) < 4.78 is 5.43. The molecule has 1 saturated carbocycles. The zero-order valence-electron chi connectivity index (χ0n) is 16.3. The maximum atomic E-state index is 12.1. The molecular weight excluding hydrogens is 340 g/mol. The summed E-state index contributed by atoms with van der Waals surface area (Å²) in [6.07, 6.45) is 5.65. The number of piperidine rings is 1. The number of nitrogens with zero attached hydrogens (tertiary/aromatic N) is 2. The van der Waals surface area contributed by atoms with E-state index < -0.39 is 0 Å². The van der Waals surface area contributed by atoms with E-state index in [9.17, 15) is 4.79 Å². The van der Waals surface area contributed by atoms with Crippen LogP contribution >= 0.6 is 0 Å². The molecule has 1 spiro atoms. The molecule has 0 atom stereocenters. The van der Waals surface area contributed by atoms with Gasteiger partial charge in [0.25, 0.3) is 0 Å². The lowest BCUT2D eigenvalue weighted by Crippen LogP contribution is -2.61. The molecule has 2 heterocycles. The number of carbonyl (C=O) groups excluding carboxylic acids is 1.